The molecule has 0 saturated heterocycles. The van der Waals surface area contributed by atoms with Gasteiger partial charge in [0.25, 0.3) is 0 Å². The molecule has 4 aromatic carbocycles. The van der Waals surface area contributed by atoms with Gasteiger partial charge in [0.2, 0.25) is 5.75 Å². The lowest BCUT2D eigenvalue weighted by Crippen LogP contribution is -2.20. The minimum absolute atomic E-state index is 0.0933. The molecule has 0 radical (unpaired) electrons. The van der Waals surface area contributed by atoms with Gasteiger partial charge >= 0.3 is 0 Å². The maximum absolute atomic E-state index is 10.5. The molecule has 5 rings (SSSR count). The van der Waals surface area contributed by atoms with Crippen LogP contribution in [0.15, 0.2) is 66.7 Å². The number of hydrogen-bond donors (Lipinski definition) is 3. The highest BCUT2D eigenvalue weighted by Crippen LogP contribution is 2.47. The van der Waals surface area contributed by atoms with Crippen molar-refractivity contribution in [2.24, 2.45) is 0 Å². The number of fused-ring (bicyclic) bond motifs is 3. The zero-order valence-electron chi connectivity index (χ0n) is 18.8. The van der Waals surface area contributed by atoms with Gasteiger partial charge in [-0.15, -0.1) is 0 Å². The van der Waals surface area contributed by atoms with Crippen LogP contribution in [0, 0.1) is 0 Å². The van der Waals surface area contributed by atoms with Crippen LogP contribution in [0.3, 0.4) is 0 Å². The molecule has 164 valence electrons. The minimum atomic E-state index is -0.365. The lowest BCUT2D eigenvalue weighted by atomic mass is 9.91. The molecule has 0 saturated carbocycles. The summed E-state index contributed by atoms with van der Waals surface area (Å²) in [5, 5.41) is 34.1. The van der Waals surface area contributed by atoms with E-state index in [0.29, 0.717) is 16.0 Å². The van der Waals surface area contributed by atoms with E-state index in [2.05, 4.69) is 12.6 Å². The predicted octanol–water partition coefficient (Wildman–Crippen LogP) is 5.77. The monoisotopic (exact) mass is 428 g/mol. The third kappa shape index (κ3) is 3.76. The molecule has 0 bridgehead atoms. The van der Waals surface area contributed by atoms with Crippen molar-refractivity contribution in [3.63, 3.8) is 0 Å². The Bertz CT molecular complexity index is 1390. The van der Waals surface area contributed by atoms with Gasteiger partial charge in [-0.05, 0) is 40.6 Å². The molecule has 3 N–H and O–H groups in total. The van der Waals surface area contributed by atoms with E-state index in [-0.39, 0.29) is 28.7 Å². The van der Waals surface area contributed by atoms with Crippen LogP contribution >= 0.6 is 0 Å². The Morgan fingerprint density at radius 2 is 1.38 bits per heavy atom. The summed E-state index contributed by atoms with van der Waals surface area (Å²) >= 11 is 0. The highest BCUT2D eigenvalue weighted by Gasteiger charge is 2.26. The molecule has 4 heteroatoms. The van der Waals surface area contributed by atoms with Crippen molar-refractivity contribution in [2.45, 2.75) is 27.7 Å². The zero-order valence-corrected chi connectivity index (χ0v) is 18.8. The Hall–Kier alpha value is -3.92. The van der Waals surface area contributed by atoms with Crippen molar-refractivity contribution < 1.29 is 20.1 Å². The highest BCUT2D eigenvalue weighted by atomic mass is 16.5. The van der Waals surface area contributed by atoms with Crippen LogP contribution < -0.4 is 15.2 Å². The number of benzene rings is 4. The Balaban J connectivity index is 0.000000686. The fourth-order valence-electron chi connectivity index (χ4n) is 3.68. The van der Waals surface area contributed by atoms with Gasteiger partial charge in [0, 0.05) is 21.6 Å². The SMILES string of the molecule is C=c1ccc2c(c1O)Oc1c(ccc(O)c1O)C=2c1ccc2ccccc2c1.CC.CC. The zero-order chi connectivity index (χ0) is 23.4. The topological polar surface area (TPSA) is 69.9 Å². The molecule has 0 spiro atoms. The summed E-state index contributed by atoms with van der Waals surface area (Å²) in [5.41, 5.74) is 2.34. The first-order valence-corrected chi connectivity index (χ1v) is 10.8. The maximum Gasteiger partial charge on any atom is 0.201 e. The molecule has 1 aliphatic rings. The average molecular weight is 429 g/mol. The van der Waals surface area contributed by atoms with Crippen LogP contribution in [0.4, 0.5) is 0 Å². The summed E-state index contributed by atoms with van der Waals surface area (Å²) in [5.74, 6) is -0.426. The molecule has 0 aromatic heterocycles. The van der Waals surface area contributed by atoms with Gasteiger partial charge in [0.15, 0.2) is 23.0 Å². The third-order valence-electron chi connectivity index (χ3n) is 5.11. The van der Waals surface area contributed by atoms with E-state index in [1.165, 1.54) is 6.07 Å². The van der Waals surface area contributed by atoms with Crippen molar-refractivity contribution in [3.8, 4) is 28.7 Å². The number of hydrogen-bond acceptors (Lipinski definition) is 4. The number of aromatic hydroxyl groups is 3. The lowest BCUT2D eigenvalue weighted by molar-refractivity contribution is 0.357. The minimum Gasteiger partial charge on any atom is -0.504 e. The number of phenolic OH excluding ortho intramolecular Hbond substituents is 3. The third-order valence-corrected chi connectivity index (χ3v) is 5.11. The van der Waals surface area contributed by atoms with E-state index < -0.39 is 0 Å². The summed E-state index contributed by atoms with van der Waals surface area (Å²) in [7, 11) is 0. The average Bonchev–Trinajstić information content (AvgIpc) is 2.85. The molecule has 0 fully saturated rings. The molecule has 1 aliphatic heterocycles. The van der Waals surface area contributed by atoms with Gasteiger partial charge in [0.05, 0.1) is 0 Å². The standard InChI is InChI=1S/C24H16O4.2C2H6/c1-13-6-9-17-20(16-8-7-14-4-2-3-5-15(14)12-16)18-10-11-19(25)22(27)24(18)28-23(17)21(13)26;2*1-2/h2-12,25-27H,1H2;2*1-2H3. The molecule has 0 atom stereocenters. The number of phenols is 3. The Labute approximate surface area is 188 Å². The molecular weight excluding hydrogens is 400 g/mol. The number of rotatable bonds is 1. The molecule has 4 nitrogen and oxygen atoms in total. The fraction of sp³-hybridized carbons (Fsp3) is 0.143. The van der Waals surface area contributed by atoms with Gasteiger partial charge in [-0.3, -0.25) is 0 Å². The first-order valence-electron chi connectivity index (χ1n) is 10.8. The molecule has 4 aromatic rings. The van der Waals surface area contributed by atoms with Gasteiger partial charge in [-0.2, -0.15) is 0 Å². The van der Waals surface area contributed by atoms with E-state index in [1.54, 1.807) is 12.1 Å². The first-order chi connectivity index (χ1) is 15.5. The summed E-state index contributed by atoms with van der Waals surface area (Å²) < 4.78 is 5.82. The fourth-order valence-corrected chi connectivity index (χ4v) is 3.68. The van der Waals surface area contributed by atoms with E-state index >= 15 is 0 Å². The quantitative estimate of drug-likeness (QED) is 0.296. The lowest BCUT2D eigenvalue weighted by Gasteiger charge is -2.23. The van der Waals surface area contributed by atoms with Crippen LogP contribution in [0.2, 0.25) is 0 Å². The van der Waals surface area contributed by atoms with Crippen molar-refractivity contribution in [2.75, 3.05) is 0 Å². The Kier molecular flexibility index (Phi) is 6.74. The van der Waals surface area contributed by atoms with E-state index in [4.69, 9.17) is 4.74 Å². The summed E-state index contributed by atoms with van der Waals surface area (Å²) in [4.78, 5) is 0. The van der Waals surface area contributed by atoms with Gasteiger partial charge in [-0.1, -0.05) is 76.7 Å². The normalized spacial score (nSPS) is 11.2. The molecule has 32 heavy (non-hydrogen) atoms. The summed E-state index contributed by atoms with van der Waals surface area (Å²) in [6, 6.07) is 20.8. The van der Waals surface area contributed by atoms with Crippen molar-refractivity contribution in [1.29, 1.82) is 0 Å². The second kappa shape index (κ2) is 9.48. The van der Waals surface area contributed by atoms with Gasteiger partial charge < -0.3 is 20.1 Å². The van der Waals surface area contributed by atoms with E-state index in [0.717, 1.165) is 21.9 Å². The van der Waals surface area contributed by atoms with Crippen LogP contribution in [0.25, 0.3) is 22.9 Å². The van der Waals surface area contributed by atoms with Gasteiger partial charge in [-0.25, -0.2) is 0 Å². The smallest absolute Gasteiger partial charge is 0.201 e. The van der Waals surface area contributed by atoms with Gasteiger partial charge in [0.1, 0.15) is 0 Å². The van der Waals surface area contributed by atoms with Crippen molar-refractivity contribution in [3.05, 3.63) is 88.3 Å². The van der Waals surface area contributed by atoms with E-state index in [9.17, 15) is 15.3 Å². The van der Waals surface area contributed by atoms with Crippen LogP contribution in [-0.2, 0) is 0 Å². The predicted molar refractivity (Wildman–Crippen MR) is 131 cm³/mol. The molecular formula is C28H28O4. The van der Waals surface area contributed by atoms with Crippen LogP contribution in [0.5, 0.6) is 28.7 Å². The Morgan fingerprint density at radius 3 is 2.09 bits per heavy atom. The second-order valence-electron chi connectivity index (χ2n) is 6.80. The molecule has 0 amide bonds. The largest absolute Gasteiger partial charge is 0.504 e. The van der Waals surface area contributed by atoms with E-state index in [1.807, 2.05) is 70.2 Å². The van der Waals surface area contributed by atoms with Crippen LogP contribution in [-0.4, -0.2) is 15.3 Å². The van der Waals surface area contributed by atoms with Crippen LogP contribution in [0.1, 0.15) is 38.8 Å². The number of ether oxygens (including phenoxy) is 1. The highest BCUT2D eigenvalue weighted by molar-refractivity contribution is 5.92. The van der Waals surface area contributed by atoms with Crippen molar-refractivity contribution >= 4 is 22.9 Å². The Morgan fingerprint density at radius 1 is 0.688 bits per heavy atom. The second-order valence-corrected chi connectivity index (χ2v) is 6.80. The molecule has 0 unspecified atom stereocenters. The van der Waals surface area contributed by atoms with Crippen molar-refractivity contribution in [1.82, 2.24) is 0 Å². The summed E-state index contributed by atoms with van der Waals surface area (Å²) in [6.07, 6.45) is 0. The summed E-state index contributed by atoms with van der Waals surface area (Å²) in [6.45, 7) is 11.8. The maximum atomic E-state index is 10.5. The first kappa shape index (κ1) is 22.8. The molecule has 0 aliphatic carbocycles. The molecule has 1 heterocycles.